The van der Waals surface area contributed by atoms with Gasteiger partial charge in [0.1, 0.15) is 0 Å². The molecule has 0 aliphatic heterocycles. The van der Waals surface area contributed by atoms with Crippen LogP contribution in [-0.2, 0) is 0 Å². The van der Waals surface area contributed by atoms with Crippen LogP contribution in [0, 0.1) is 0 Å². The summed E-state index contributed by atoms with van der Waals surface area (Å²) in [6.07, 6.45) is 8.58. The predicted octanol–water partition coefficient (Wildman–Crippen LogP) is 5.15. The number of alkyl halides is 1. The third-order valence-corrected chi connectivity index (χ3v) is 4.09. The SMILES string of the molecule is CCCCCCCCC(Cl)c1ccc2[nH]c(=O)oc2c1. The van der Waals surface area contributed by atoms with Gasteiger partial charge in [-0.1, -0.05) is 51.5 Å². The molecule has 2 aromatic rings. The minimum atomic E-state index is -0.417. The molecule has 0 bridgehead atoms. The number of halogens is 1. The number of H-pyrrole nitrogens is 1. The summed E-state index contributed by atoms with van der Waals surface area (Å²) >= 11 is 6.42. The molecule has 1 heterocycles. The Balaban J connectivity index is 1.84. The van der Waals surface area contributed by atoms with Gasteiger partial charge in [-0.25, -0.2) is 4.79 Å². The summed E-state index contributed by atoms with van der Waals surface area (Å²) in [5, 5.41) is -0.00854. The van der Waals surface area contributed by atoms with Gasteiger partial charge in [-0.3, -0.25) is 4.98 Å². The molecule has 1 aromatic heterocycles. The van der Waals surface area contributed by atoms with E-state index >= 15 is 0 Å². The molecule has 0 amide bonds. The zero-order valence-electron chi connectivity index (χ0n) is 12.0. The molecule has 20 heavy (non-hydrogen) atoms. The fourth-order valence-electron chi connectivity index (χ4n) is 2.43. The Morgan fingerprint density at radius 1 is 1.20 bits per heavy atom. The lowest BCUT2D eigenvalue weighted by atomic mass is 10.0. The third-order valence-electron chi connectivity index (χ3n) is 3.62. The largest absolute Gasteiger partial charge is 0.417 e. The first-order valence-corrected chi connectivity index (χ1v) is 7.91. The number of aromatic amines is 1. The smallest absolute Gasteiger partial charge is 0.408 e. The van der Waals surface area contributed by atoms with E-state index in [1.807, 2.05) is 18.2 Å². The van der Waals surface area contributed by atoms with E-state index in [9.17, 15) is 4.79 Å². The van der Waals surface area contributed by atoms with Crippen molar-refractivity contribution in [1.82, 2.24) is 4.98 Å². The van der Waals surface area contributed by atoms with Crippen LogP contribution in [0.5, 0.6) is 0 Å². The van der Waals surface area contributed by atoms with Crippen LogP contribution in [0.15, 0.2) is 27.4 Å². The van der Waals surface area contributed by atoms with Crippen molar-refractivity contribution in [3.05, 3.63) is 34.3 Å². The topological polar surface area (TPSA) is 46.0 Å². The highest BCUT2D eigenvalue weighted by atomic mass is 35.5. The van der Waals surface area contributed by atoms with Crippen molar-refractivity contribution in [1.29, 1.82) is 0 Å². The number of rotatable bonds is 8. The summed E-state index contributed by atoms with van der Waals surface area (Å²) in [5.74, 6) is -0.417. The standard InChI is InChI=1S/C16H22ClNO2/c1-2-3-4-5-6-7-8-13(17)12-9-10-14-15(11-12)20-16(19)18-14/h9-11,13H,2-8H2,1H3,(H,18,19). The molecule has 3 nitrogen and oxygen atoms in total. The molecule has 0 aliphatic carbocycles. The molecule has 110 valence electrons. The molecule has 0 fully saturated rings. The number of aromatic nitrogens is 1. The second kappa shape index (κ2) is 7.53. The normalized spacial score (nSPS) is 12.9. The molecule has 2 rings (SSSR count). The van der Waals surface area contributed by atoms with Gasteiger partial charge in [-0.15, -0.1) is 11.6 Å². The zero-order chi connectivity index (χ0) is 14.4. The number of fused-ring (bicyclic) bond motifs is 1. The monoisotopic (exact) mass is 295 g/mol. The summed E-state index contributed by atoms with van der Waals surface area (Å²) in [6, 6.07) is 5.68. The molecule has 1 unspecified atom stereocenters. The Bertz CT molecular complexity index is 587. The Labute approximate surface area is 124 Å². The molecule has 0 aliphatic rings. The van der Waals surface area contributed by atoms with Crippen LogP contribution in [-0.4, -0.2) is 4.98 Å². The minimum Gasteiger partial charge on any atom is -0.408 e. The third kappa shape index (κ3) is 4.14. The Kier molecular flexibility index (Phi) is 5.72. The summed E-state index contributed by atoms with van der Waals surface area (Å²) in [7, 11) is 0. The molecule has 4 heteroatoms. The van der Waals surface area contributed by atoms with Crippen LogP contribution in [0.1, 0.15) is 62.8 Å². The van der Waals surface area contributed by atoms with Gasteiger partial charge in [0.15, 0.2) is 5.58 Å². The number of nitrogens with one attached hydrogen (secondary N) is 1. The van der Waals surface area contributed by atoms with Crippen LogP contribution >= 0.6 is 11.6 Å². The quantitative estimate of drug-likeness (QED) is 0.540. The summed E-state index contributed by atoms with van der Waals surface area (Å²) in [5.41, 5.74) is 2.33. The molecular formula is C16H22ClNO2. The van der Waals surface area contributed by atoms with Crippen LogP contribution in [0.4, 0.5) is 0 Å². The number of hydrogen-bond acceptors (Lipinski definition) is 2. The lowest BCUT2D eigenvalue weighted by Gasteiger charge is -2.09. The van der Waals surface area contributed by atoms with Crippen molar-refractivity contribution < 1.29 is 4.42 Å². The maximum atomic E-state index is 11.1. The fourth-order valence-corrected chi connectivity index (χ4v) is 2.72. The molecular weight excluding hydrogens is 274 g/mol. The Morgan fingerprint density at radius 3 is 2.75 bits per heavy atom. The Morgan fingerprint density at radius 2 is 1.95 bits per heavy atom. The van der Waals surface area contributed by atoms with E-state index in [0.717, 1.165) is 23.9 Å². The van der Waals surface area contributed by atoms with Gasteiger partial charge < -0.3 is 4.42 Å². The number of benzene rings is 1. The fraction of sp³-hybridized carbons (Fsp3) is 0.562. The molecule has 0 saturated carbocycles. The van der Waals surface area contributed by atoms with Crippen LogP contribution in [0.2, 0.25) is 0 Å². The van der Waals surface area contributed by atoms with Gasteiger partial charge in [-0.05, 0) is 24.1 Å². The highest BCUT2D eigenvalue weighted by molar-refractivity contribution is 6.20. The molecule has 1 N–H and O–H groups in total. The van der Waals surface area contributed by atoms with E-state index in [4.69, 9.17) is 16.0 Å². The first-order chi connectivity index (χ1) is 9.70. The predicted molar refractivity (Wildman–Crippen MR) is 83.4 cm³/mol. The number of oxazole rings is 1. The number of hydrogen-bond donors (Lipinski definition) is 1. The van der Waals surface area contributed by atoms with Crippen molar-refractivity contribution in [3.63, 3.8) is 0 Å². The van der Waals surface area contributed by atoms with Crippen molar-refractivity contribution in [2.45, 2.75) is 57.2 Å². The highest BCUT2D eigenvalue weighted by Gasteiger charge is 2.10. The maximum absolute atomic E-state index is 11.1. The van der Waals surface area contributed by atoms with E-state index in [1.54, 1.807) is 0 Å². The van der Waals surface area contributed by atoms with Gasteiger partial charge in [0, 0.05) is 0 Å². The van der Waals surface area contributed by atoms with Crippen molar-refractivity contribution >= 4 is 22.7 Å². The highest BCUT2D eigenvalue weighted by Crippen LogP contribution is 2.28. The number of unbranched alkanes of at least 4 members (excludes halogenated alkanes) is 5. The first kappa shape index (κ1) is 15.2. The maximum Gasteiger partial charge on any atom is 0.417 e. The van der Waals surface area contributed by atoms with Crippen LogP contribution < -0.4 is 5.76 Å². The van der Waals surface area contributed by atoms with Gasteiger partial charge in [0.25, 0.3) is 0 Å². The van der Waals surface area contributed by atoms with E-state index in [1.165, 1.54) is 32.1 Å². The van der Waals surface area contributed by atoms with Crippen LogP contribution in [0.25, 0.3) is 11.1 Å². The van der Waals surface area contributed by atoms with Crippen LogP contribution in [0.3, 0.4) is 0 Å². The van der Waals surface area contributed by atoms with Gasteiger partial charge in [0.05, 0.1) is 10.9 Å². The average molecular weight is 296 g/mol. The van der Waals surface area contributed by atoms with Gasteiger partial charge in [-0.2, -0.15) is 0 Å². The van der Waals surface area contributed by atoms with Crippen molar-refractivity contribution in [3.8, 4) is 0 Å². The molecule has 0 saturated heterocycles. The second-order valence-corrected chi connectivity index (χ2v) is 5.82. The van der Waals surface area contributed by atoms with E-state index in [-0.39, 0.29) is 5.38 Å². The molecule has 1 aromatic carbocycles. The molecule has 0 radical (unpaired) electrons. The lowest BCUT2D eigenvalue weighted by Crippen LogP contribution is -1.92. The minimum absolute atomic E-state index is 0.00854. The van der Waals surface area contributed by atoms with Gasteiger partial charge >= 0.3 is 5.76 Å². The first-order valence-electron chi connectivity index (χ1n) is 7.47. The molecule has 1 atom stereocenters. The van der Waals surface area contributed by atoms with E-state index < -0.39 is 5.76 Å². The summed E-state index contributed by atoms with van der Waals surface area (Å²) in [6.45, 7) is 2.23. The van der Waals surface area contributed by atoms with Crippen molar-refractivity contribution in [2.24, 2.45) is 0 Å². The second-order valence-electron chi connectivity index (χ2n) is 5.29. The van der Waals surface area contributed by atoms with Gasteiger partial charge in [0.2, 0.25) is 0 Å². The Hall–Kier alpha value is -1.22. The zero-order valence-corrected chi connectivity index (χ0v) is 12.7. The summed E-state index contributed by atoms with van der Waals surface area (Å²) < 4.78 is 5.06. The average Bonchev–Trinajstić information content (AvgIpc) is 2.81. The molecule has 0 spiro atoms. The lowest BCUT2D eigenvalue weighted by molar-refractivity contribution is 0.554. The van der Waals surface area contributed by atoms with Crippen molar-refractivity contribution in [2.75, 3.05) is 0 Å². The summed E-state index contributed by atoms with van der Waals surface area (Å²) in [4.78, 5) is 13.7. The van der Waals surface area contributed by atoms with E-state index in [2.05, 4.69) is 11.9 Å². The van der Waals surface area contributed by atoms with E-state index in [0.29, 0.717) is 5.58 Å².